The van der Waals surface area contributed by atoms with Crippen molar-refractivity contribution in [1.29, 1.82) is 0 Å². The van der Waals surface area contributed by atoms with Crippen molar-refractivity contribution >= 4 is 5.97 Å². The molecule has 6 aliphatic rings. The smallest absolute Gasteiger partial charge is 0.302 e. The topological polar surface area (TPSA) is 57.3 Å². The second-order valence-corrected chi connectivity index (χ2v) is 12.5. The van der Waals surface area contributed by atoms with Crippen molar-refractivity contribution in [2.75, 3.05) is 13.2 Å². The molecule has 4 saturated carbocycles. The molecule has 0 N–H and O–H groups in total. The van der Waals surface area contributed by atoms with Gasteiger partial charge < -0.3 is 18.9 Å². The maximum absolute atomic E-state index is 11.6. The number of rotatable bonds is 2. The fourth-order valence-corrected chi connectivity index (χ4v) is 10.1. The Balaban J connectivity index is 1.30. The second kappa shape index (κ2) is 6.27. The van der Waals surface area contributed by atoms with Crippen LogP contribution in [0, 0.1) is 34.5 Å². The summed E-state index contributed by atoms with van der Waals surface area (Å²) in [5.74, 6) is 2.07. The largest absolute Gasteiger partial charge is 0.462 e. The lowest BCUT2D eigenvalue weighted by Crippen LogP contribution is -2.61. The Morgan fingerprint density at radius 3 is 2.35 bits per heavy atom. The molecule has 1 spiro atoms. The molecule has 2 heterocycles. The molecule has 6 fully saturated rings. The number of ether oxygens (including phenoxy) is 4. The summed E-state index contributed by atoms with van der Waals surface area (Å²) in [4.78, 5) is 11.6. The van der Waals surface area contributed by atoms with Crippen LogP contribution in [0.3, 0.4) is 0 Å². The van der Waals surface area contributed by atoms with E-state index in [-0.39, 0.29) is 34.1 Å². The van der Waals surface area contributed by atoms with Gasteiger partial charge in [-0.2, -0.15) is 0 Å². The van der Waals surface area contributed by atoms with Gasteiger partial charge in [-0.3, -0.25) is 4.79 Å². The molecule has 5 nitrogen and oxygen atoms in total. The molecule has 9 atom stereocenters. The predicted molar refractivity (Wildman–Crippen MR) is 115 cm³/mol. The molecule has 0 amide bonds. The molecule has 0 bridgehead atoms. The fraction of sp³-hybridized carbons (Fsp3) is 0.962. The lowest BCUT2D eigenvalue weighted by atomic mass is 9.42. The van der Waals surface area contributed by atoms with Gasteiger partial charge in [-0.25, -0.2) is 0 Å². The first-order valence-corrected chi connectivity index (χ1v) is 12.7. The van der Waals surface area contributed by atoms with E-state index in [4.69, 9.17) is 18.9 Å². The minimum atomic E-state index is -0.402. The molecule has 4 aliphatic carbocycles. The van der Waals surface area contributed by atoms with Gasteiger partial charge in [-0.1, -0.05) is 13.8 Å². The maximum atomic E-state index is 11.6. The average molecular weight is 433 g/mol. The van der Waals surface area contributed by atoms with E-state index in [2.05, 4.69) is 27.7 Å². The summed E-state index contributed by atoms with van der Waals surface area (Å²) >= 11 is 0. The number of carbonyl (C=O) groups excluding carboxylic acids is 1. The summed E-state index contributed by atoms with van der Waals surface area (Å²) in [5, 5.41) is 0. The van der Waals surface area contributed by atoms with Gasteiger partial charge in [-0.05, 0) is 82.0 Å². The summed E-state index contributed by atoms with van der Waals surface area (Å²) < 4.78 is 24.8. The van der Waals surface area contributed by atoms with Crippen LogP contribution in [0.4, 0.5) is 0 Å². The van der Waals surface area contributed by atoms with Gasteiger partial charge in [0.05, 0.1) is 18.8 Å². The molecular weight excluding hydrogens is 392 g/mol. The molecule has 0 aromatic rings. The van der Waals surface area contributed by atoms with Crippen molar-refractivity contribution in [3.8, 4) is 0 Å². The summed E-state index contributed by atoms with van der Waals surface area (Å²) in [6.07, 6.45) is 9.20. The van der Waals surface area contributed by atoms with Crippen molar-refractivity contribution in [2.45, 2.75) is 109 Å². The van der Waals surface area contributed by atoms with Crippen LogP contribution in [0.5, 0.6) is 0 Å². The summed E-state index contributed by atoms with van der Waals surface area (Å²) in [7, 11) is 0. The van der Waals surface area contributed by atoms with Gasteiger partial charge in [0.2, 0.25) is 0 Å². The van der Waals surface area contributed by atoms with Gasteiger partial charge >= 0.3 is 5.97 Å². The summed E-state index contributed by atoms with van der Waals surface area (Å²) in [5.41, 5.74) is 0.305. The highest BCUT2D eigenvalue weighted by Gasteiger charge is 2.82. The molecule has 0 aromatic heterocycles. The van der Waals surface area contributed by atoms with Crippen molar-refractivity contribution in [3.63, 3.8) is 0 Å². The highest BCUT2D eigenvalue weighted by atomic mass is 16.7. The SMILES string of the molecule is CC(=O)O[C@H]1CC[C@]2(C)[C@H]3CC[C@]4(C)[C@@H](C5(C)OCCO5)CC[C@H]4[C@@H]3C[C@@]3(C)O[C@]32C1. The molecule has 2 aliphatic heterocycles. The Kier molecular flexibility index (Phi) is 4.23. The Hall–Kier alpha value is -0.650. The van der Waals surface area contributed by atoms with Crippen molar-refractivity contribution in [1.82, 2.24) is 0 Å². The molecule has 174 valence electrons. The minimum Gasteiger partial charge on any atom is -0.462 e. The van der Waals surface area contributed by atoms with Crippen LogP contribution in [0.1, 0.15) is 86.0 Å². The van der Waals surface area contributed by atoms with Gasteiger partial charge in [0.15, 0.2) is 5.79 Å². The quantitative estimate of drug-likeness (QED) is 0.461. The van der Waals surface area contributed by atoms with E-state index < -0.39 is 5.79 Å². The molecule has 31 heavy (non-hydrogen) atoms. The zero-order valence-corrected chi connectivity index (χ0v) is 20.0. The third-order valence-electron chi connectivity index (χ3n) is 11.3. The van der Waals surface area contributed by atoms with Crippen LogP contribution in [0.15, 0.2) is 0 Å². The highest BCUT2D eigenvalue weighted by Crippen LogP contribution is 2.78. The van der Waals surface area contributed by atoms with E-state index in [9.17, 15) is 4.79 Å². The predicted octanol–water partition coefficient (Wildman–Crippen LogP) is 4.86. The van der Waals surface area contributed by atoms with E-state index in [0.29, 0.717) is 17.8 Å². The van der Waals surface area contributed by atoms with Gasteiger partial charge in [0.1, 0.15) is 11.7 Å². The number of hydrogen-bond donors (Lipinski definition) is 0. The van der Waals surface area contributed by atoms with Crippen LogP contribution >= 0.6 is 0 Å². The van der Waals surface area contributed by atoms with Crippen LogP contribution in [0.2, 0.25) is 0 Å². The lowest BCUT2D eigenvalue weighted by Gasteiger charge is -2.61. The molecule has 2 saturated heterocycles. The molecule has 0 unspecified atom stereocenters. The van der Waals surface area contributed by atoms with Crippen molar-refractivity contribution in [2.24, 2.45) is 34.5 Å². The normalized spacial score (nSPS) is 56.7. The van der Waals surface area contributed by atoms with E-state index in [1.54, 1.807) is 0 Å². The third kappa shape index (κ3) is 2.52. The zero-order valence-electron chi connectivity index (χ0n) is 20.0. The van der Waals surface area contributed by atoms with Gasteiger partial charge in [-0.15, -0.1) is 0 Å². The number of carbonyl (C=O) groups is 1. The van der Waals surface area contributed by atoms with Crippen molar-refractivity contribution < 1.29 is 23.7 Å². The number of epoxide rings is 1. The van der Waals surface area contributed by atoms with E-state index in [0.717, 1.165) is 44.8 Å². The number of hydrogen-bond acceptors (Lipinski definition) is 5. The first-order chi connectivity index (χ1) is 14.6. The van der Waals surface area contributed by atoms with E-state index in [1.165, 1.54) is 32.6 Å². The fourth-order valence-electron chi connectivity index (χ4n) is 10.1. The molecular formula is C26H40O5. The van der Waals surface area contributed by atoms with Crippen LogP contribution < -0.4 is 0 Å². The summed E-state index contributed by atoms with van der Waals surface area (Å²) in [6, 6.07) is 0. The van der Waals surface area contributed by atoms with Crippen LogP contribution in [-0.2, 0) is 23.7 Å². The Labute approximate surface area is 186 Å². The Morgan fingerprint density at radius 1 is 0.903 bits per heavy atom. The van der Waals surface area contributed by atoms with E-state index in [1.807, 2.05) is 0 Å². The maximum Gasteiger partial charge on any atom is 0.302 e. The first kappa shape index (κ1) is 20.9. The van der Waals surface area contributed by atoms with Gasteiger partial charge in [0, 0.05) is 24.7 Å². The monoisotopic (exact) mass is 432 g/mol. The van der Waals surface area contributed by atoms with Gasteiger partial charge in [0.25, 0.3) is 0 Å². The average Bonchev–Trinajstić information content (AvgIpc) is 2.98. The summed E-state index contributed by atoms with van der Waals surface area (Å²) in [6.45, 7) is 12.6. The van der Waals surface area contributed by atoms with Crippen LogP contribution in [0.25, 0.3) is 0 Å². The van der Waals surface area contributed by atoms with Crippen molar-refractivity contribution in [3.05, 3.63) is 0 Å². The molecule has 6 rings (SSSR count). The number of fused-ring (bicyclic) bond motifs is 4. The molecule has 0 aromatic carbocycles. The second-order valence-electron chi connectivity index (χ2n) is 12.5. The number of esters is 1. The third-order valence-corrected chi connectivity index (χ3v) is 11.3. The minimum absolute atomic E-state index is 0.0188. The first-order valence-electron chi connectivity index (χ1n) is 12.7. The molecule has 0 radical (unpaired) electrons. The Morgan fingerprint density at radius 2 is 1.65 bits per heavy atom. The van der Waals surface area contributed by atoms with Crippen LogP contribution in [-0.4, -0.2) is 42.3 Å². The standard InChI is InChI=1S/C26H40O5/c1-16(27)30-17-8-11-23(3)20-9-10-22(2)19(6-7-21(22)25(5)28-12-13-29-25)18(20)15-24(4)26(23,14-17)31-24/h17-21H,6-15H2,1-5H3/t17-,18-,19-,20-,21-,22-,23+,24+,26-/m0/s1. The Bertz CT molecular complexity index is 791. The lowest BCUT2D eigenvalue weighted by molar-refractivity contribution is -0.218. The zero-order chi connectivity index (χ0) is 21.9. The highest BCUT2D eigenvalue weighted by molar-refractivity contribution is 5.66. The van der Waals surface area contributed by atoms with E-state index >= 15 is 0 Å². The molecule has 5 heteroatoms.